The lowest BCUT2D eigenvalue weighted by molar-refractivity contribution is -0.149. The van der Waals surface area contributed by atoms with Gasteiger partial charge in [0.25, 0.3) is 0 Å². The van der Waals surface area contributed by atoms with Gasteiger partial charge in [0, 0.05) is 31.4 Å². The summed E-state index contributed by atoms with van der Waals surface area (Å²) < 4.78 is 0. The van der Waals surface area contributed by atoms with E-state index in [1.54, 1.807) is 6.20 Å². The highest BCUT2D eigenvalue weighted by Gasteiger charge is 2.37. The minimum absolute atomic E-state index is 0.0658. The van der Waals surface area contributed by atoms with E-state index < -0.39 is 35.9 Å². The van der Waals surface area contributed by atoms with E-state index in [0.717, 1.165) is 0 Å². The van der Waals surface area contributed by atoms with Gasteiger partial charge in [0.2, 0.25) is 11.8 Å². The monoisotopic (exact) mass is 408 g/mol. The molecule has 160 valence electrons. The summed E-state index contributed by atoms with van der Waals surface area (Å²) in [4.78, 5) is 48.8. The second-order valence-electron chi connectivity index (χ2n) is 6.93. The maximum absolute atomic E-state index is 13.0. The highest BCUT2D eigenvalue weighted by molar-refractivity contribution is 5.92. The van der Waals surface area contributed by atoms with Crippen LogP contribution in [0.2, 0.25) is 0 Å². The molecular weight excluding hydrogens is 380 g/mol. The van der Waals surface area contributed by atoms with Gasteiger partial charge in [-0.25, -0.2) is 9.78 Å². The number of aromatic nitrogens is 2. The number of hydrogen-bond acceptors (Lipinski definition) is 6. The van der Waals surface area contributed by atoms with E-state index in [4.69, 9.17) is 17.2 Å². The number of H-pyrrole nitrogens is 1. The lowest BCUT2D eigenvalue weighted by Crippen LogP contribution is -2.54. The molecular formula is C17H28N8O4. The van der Waals surface area contributed by atoms with E-state index in [1.807, 2.05) is 0 Å². The molecule has 2 rings (SSSR count). The Labute approximate surface area is 167 Å². The van der Waals surface area contributed by atoms with E-state index in [9.17, 15) is 19.5 Å². The molecule has 12 heteroatoms. The average molecular weight is 408 g/mol. The number of aliphatic imine (C=N–C) groups is 1. The van der Waals surface area contributed by atoms with Crippen LogP contribution in [-0.4, -0.2) is 74.9 Å². The highest BCUT2D eigenvalue weighted by atomic mass is 16.4. The van der Waals surface area contributed by atoms with Gasteiger partial charge < -0.3 is 37.5 Å². The Bertz CT molecular complexity index is 732. The quantitative estimate of drug-likeness (QED) is 0.143. The number of carbonyl (C=O) groups excluding carboxylic acids is 2. The molecule has 9 N–H and O–H groups in total. The van der Waals surface area contributed by atoms with Gasteiger partial charge in [-0.3, -0.25) is 14.6 Å². The molecule has 1 aromatic rings. The Morgan fingerprint density at radius 1 is 1.41 bits per heavy atom. The van der Waals surface area contributed by atoms with Gasteiger partial charge >= 0.3 is 5.97 Å². The van der Waals surface area contributed by atoms with Crippen molar-refractivity contribution < 1.29 is 19.5 Å². The Balaban J connectivity index is 2.04. The van der Waals surface area contributed by atoms with Gasteiger partial charge in [0.05, 0.1) is 12.4 Å². The van der Waals surface area contributed by atoms with Crippen LogP contribution in [0.1, 0.15) is 31.4 Å². The number of nitrogens with two attached hydrogens (primary N) is 3. The molecule has 0 spiro atoms. The van der Waals surface area contributed by atoms with Crippen LogP contribution in [0.4, 0.5) is 0 Å². The predicted molar refractivity (Wildman–Crippen MR) is 104 cm³/mol. The summed E-state index contributed by atoms with van der Waals surface area (Å²) in [6.07, 6.45) is 4.92. The third-order valence-corrected chi connectivity index (χ3v) is 4.71. The smallest absolute Gasteiger partial charge is 0.326 e. The summed E-state index contributed by atoms with van der Waals surface area (Å²) in [5.74, 6) is -2.08. The van der Waals surface area contributed by atoms with Gasteiger partial charge in [0.15, 0.2) is 5.96 Å². The summed E-state index contributed by atoms with van der Waals surface area (Å²) >= 11 is 0. The molecule has 1 aromatic heterocycles. The van der Waals surface area contributed by atoms with Crippen molar-refractivity contribution in [2.24, 2.45) is 22.2 Å². The number of aromatic amines is 1. The number of carboxylic acid groups (broad SMARTS) is 1. The third kappa shape index (κ3) is 6.45. The number of likely N-dealkylation sites (tertiary alicyclic amines) is 1. The summed E-state index contributed by atoms with van der Waals surface area (Å²) in [7, 11) is 0. The van der Waals surface area contributed by atoms with Crippen LogP contribution in [0.25, 0.3) is 0 Å². The topological polar surface area (TPSA) is 206 Å². The first-order valence-corrected chi connectivity index (χ1v) is 9.41. The van der Waals surface area contributed by atoms with Crippen LogP contribution in [-0.2, 0) is 20.8 Å². The molecule has 3 atom stereocenters. The van der Waals surface area contributed by atoms with Gasteiger partial charge in [-0.1, -0.05) is 0 Å². The lowest BCUT2D eigenvalue weighted by Gasteiger charge is -2.28. The molecule has 2 amide bonds. The normalized spacial score (nSPS) is 18.1. The fraction of sp³-hybridized carbons (Fsp3) is 0.588. The van der Waals surface area contributed by atoms with Crippen LogP contribution in [0.5, 0.6) is 0 Å². The van der Waals surface area contributed by atoms with E-state index in [-0.39, 0.29) is 25.3 Å². The number of amides is 2. The second kappa shape index (κ2) is 10.4. The van der Waals surface area contributed by atoms with Crippen molar-refractivity contribution in [3.05, 3.63) is 18.2 Å². The van der Waals surface area contributed by atoms with Gasteiger partial charge in [-0.2, -0.15) is 0 Å². The molecule has 1 saturated heterocycles. The van der Waals surface area contributed by atoms with Crippen molar-refractivity contribution in [1.29, 1.82) is 0 Å². The Morgan fingerprint density at radius 3 is 2.79 bits per heavy atom. The molecule has 0 saturated carbocycles. The highest BCUT2D eigenvalue weighted by Crippen LogP contribution is 2.19. The third-order valence-electron chi connectivity index (χ3n) is 4.71. The van der Waals surface area contributed by atoms with E-state index in [0.29, 0.717) is 31.5 Å². The number of carboxylic acids is 1. The zero-order chi connectivity index (χ0) is 21.4. The van der Waals surface area contributed by atoms with Crippen LogP contribution >= 0.6 is 0 Å². The molecule has 2 heterocycles. The Hall–Kier alpha value is -3.15. The zero-order valence-corrected chi connectivity index (χ0v) is 16.1. The lowest BCUT2D eigenvalue weighted by atomic mass is 10.1. The molecule has 1 aliphatic heterocycles. The van der Waals surface area contributed by atoms with Crippen molar-refractivity contribution in [2.45, 2.75) is 50.2 Å². The number of aliphatic carboxylic acids is 1. The number of imidazole rings is 1. The van der Waals surface area contributed by atoms with Crippen molar-refractivity contribution >= 4 is 23.7 Å². The SMILES string of the molecule is NC(N)=NCCCC(NC(=O)C(N)Cc1cnc[nH]1)C(=O)N1CCCC1C(=O)O. The van der Waals surface area contributed by atoms with Gasteiger partial charge in [0.1, 0.15) is 12.1 Å². The average Bonchev–Trinajstić information content (AvgIpc) is 3.34. The summed E-state index contributed by atoms with van der Waals surface area (Å²) in [6, 6.07) is -2.69. The summed E-state index contributed by atoms with van der Waals surface area (Å²) in [5.41, 5.74) is 17.2. The van der Waals surface area contributed by atoms with Crippen molar-refractivity contribution in [2.75, 3.05) is 13.1 Å². The molecule has 29 heavy (non-hydrogen) atoms. The molecule has 1 aliphatic rings. The fourth-order valence-electron chi connectivity index (χ4n) is 3.25. The second-order valence-corrected chi connectivity index (χ2v) is 6.93. The molecule has 0 bridgehead atoms. The van der Waals surface area contributed by atoms with E-state index in [2.05, 4.69) is 20.3 Å². The molecule has 0 radical (unpaired) electrons. The van der Waals surface area contributed by atoms with E-state index in [1.165, 1.54) is 11.2 Å². The van der Waals surface area contributed by atoms with E-state index >= 15 is 0 Å². The predicted octanol–water partition coefficient (Wildman–Crippen LogP) is -2.11. The maximum atomic E-state index is 13.0. The summed E-state index contributed by atoms with van der Waals surface area (Å²) in [5, 5.41) is 12.0. The zero-order valence-electron chi connectivity index (χ0n) is 16.1. The number of nitrogens with zero attached hydrogens (tertiary/aromatic N) is 3. The number of nitrogens with one attached hydrogen (secondary N) is 2. The van der Waals surface area contributed by atoms with Crippen LogP contribution < -0.4 is 22.5 Å². The molecule has 0 aliphatic carbocycles. The molecule has 0 aromatic carbocycles. The van der Waals surface area contributed by atoms with Crippen LogP contribution in [0.3, 0.4) is 0 Å². The molecule has 12 nitrogen and oxygen atoms in total. The largest absolute Gasteiger partial charge is 0.480 e. The van der Waals surface area contributed by atoms with Crippen molar-refractivity contribution in [3.8, 4) is 0 Å². The van der Waals surface area contributed by atoms with Crippen molar-refractivity contribution in [1.82, 2.24) is 20.2 Å². The number of hydrogen-bond donors (Lipinski definition) is 6. The molecule has 3 unspecified atom stereocenters. The number of carbonyl (C=O) groups is 3. The minimum atomic E-state index is -1.06. The van der Waals surface area contributed by atoms with Crippen LogP contribution in [0.15, 0.2) is 17.5 Å². The fourth-order valence-corrected chi connectivity index (χ4v) is 3.25. The first-order valence-electron chi connectivity index (χ1n) is 9.41. The number of guanidine groups is 1. The first kappa shape index (κ1) is 22.1. The minimum Gasteiger partial charge on any atom is -0.480 e. The van der Waals surface area contributed by atoms with Crippen LogP contribution in [0, 0.1) is 0 Å². The van der Waals surface area contributed by atoms with Gasteiger partial charge in [-0.15, -0.1) is 0 Å². The molecule has 1 fully saturated rings. The Morgan fingerprint density at radius 2 is 2.17 bits per heavy atom. The summed E-state index contributed by atoms with van der Waals surface area (Å²) in [6.45, 7) is 0.612. The standard InChI is InChI=1S/C17H28N8O4/c18-11(7-10-8-21-9-23-10)14(26)24-12(3-1-5-22-17(19)20)15(27)25-6-2-4-13(25)16(28)29/h8-9,11-13H,1-7,18H2,(H,21,23)(H,24,26)(H,28,29)(H4,19,20,22). The Kier molecular flexibility index (Phi) is 7.95. The maximum Gasteiger partial charge on any atom is 0.326 e. The number of rotatable bonds is 10. The first-order chi connectivity index (χ1) is 13.8. The van der Waals surface area contributed by atoms with Crippen molar-refractivity contribution in [3.63, 3.8) is 0 Å². The van der Waals surface area contributed by atoms with Gasteiger partial charge in [-0.05, 0) is 25.7 Å².